The van der Waals surface area contributed by atoms with E-state index < -0.39 is 0 Å². The highest BCUT2D eigenvalue weighted by Crippen LogP contribution is 2.22. The number of nitrogen functional groups attached to an aromatic ring is 1. The highest BCUT2D eigenvalue weighted by molar-refractivity contribution is 5.85. The Morgan fingerprint density at radius 2 is 1.54 bits per heavy atom. The SMILES string of the molecule is CCc1ccc(C(NC(=O)Cc2ccc(N)cc2)C(C)C)cc1.Cl. The first kappa shape index (κ1) is 20.0. The number of benzene rings is 2. The molecular weight excluding hydrogens is 320 g/mol. The standard InChI is InChI=1S/C20H26N2O.ClH/c1-4-15-5-9-17(10-6-15)20(14(2)3)22-19(23)13-16-7-11-18(21)12-8-16;/h5-12,14,20H,4,13,21H2,1-3H3,(H,22,23);1H. The Labute approximate surface area is 151 Å². The van der Waals surface area contributed by atoms with E-state index in [0.717, 1.165) is 17.5 Å². The molecule has 2 aromatic carbocycles. The van der Waals surface area contributed by atoms with Crippen LogP contribution < -0.4 is 11.1 Å². The van der Waals surface area contributed by atoms with Gasteiger partial charge in [-0.2, -0.15) is 0 Å². The molecule has 1 atom stereocenters. The quantitative estimate of drug-likeness (QED) is 0.766. The van der Waals surface area contributed by atoms with Crippen LogP contribution in [0.4, 0.5) is 5.69 Å². The highest BCUT2D eigenvalue weighted by Gasteiger charge is 2.18. The number of hydrogen-bond donors (Lipinski definition) is 2. The molecule has 130 valence electrons. The predicted molar refractivity (Wildman–Crippen MR) is 103 cm³/mol. The van der Waals surface area contributed by atoms with Crippen LogP contribution in [0.15, 0.2) is 48.5 Å². The van der Waals surface area contributed by atoms with Gasteiger partial charge in [0.2, 0.25) is 5.91 Å². The Hall–Kier alpha value is -2.00. The molecule has 0 fully saturated rings. The van der Waals surface area contributed by atoms with Crippen molar-refractivity contribution in [3.05, 3.63) is 65.2 Å². The number of amides is 1. The number of carbonyl (C=O) groups is 1. The molecular formula is C20H27ClN2O. The van der Waals surface area contributed by atoms with Crippen molar-refractivity contribution in [3.63, 3.8) is 0 Å². The van der Waals surface area contributed by atoms with Gasteiger partial charge in [0.25, 0.3) is 0 Å². The minimum absolute atomic E-state index is 0. The number of anilines is 1. The molecule has 0 heterocycles. The van der Waals surface area contributed by atoms with Gasteiger partial charge < -0.3 is 11.1 Å². The zero-order chi connectivity index (χ0) is 16.8. The molecule has 1 unspecified atom stereocenters. The van der Waals surface area contributed by atoms with Gasteiger partial charge >= 0.3 is 0 Å². The van der Waals surface area contributed by atoms with Crippen LogP contribution in [-0.2, 0) is 17.6 Å². The van der Waals surface area contributed by atoms with E-state index in [4.69, 9.17) is 5.73 Å². The molecule has 3 N–H and O–H groups in total. The molecule has 0 aliphatic carbocycles. The summed E-state index contributed by atoms with van der Waals surface area (Å²) in [6, 6.07) is 16.0. The number of aryl methyl sites for hydroxylation is 1. The first-order chi connectivity index (χ1) is 11.0. The summed E-state index contributed by atoms with van der Waals surface area (Å²) in [6.07, 6.45) is 1.40. The van der Waals surface area contributed by atoms with E-state index in [1.165, 1.54) is 5.56 Å². The van der Waals surface area contributed by atoms with Crippen LogP contribution in [0.25, 0.3) is 0 Å². The Morgan fingerprint density at radius 3 is 2.04 bits per heavy atom. The third-order valence-electron chi connectivity index (χ3n) is 4.07. The lowest BCUT2D eigenvalue weighted by atomic mass is 9.94. The molecule has 1 amide bonds. The second kappa shape index (κ2) is 9.33. The van der Waals surface area contributed by atoms with Crippen molar-refractivity contribution in [2.75, 3.05) is 5.73 Å². The van der Waals surface area contributed by atoms with E-state index in [1.807, 2.05) is 24.3 Å². The smallest absolute Gasteiger partial charge is 0.224 e. The van der Waals surface area contributed by atoms with Gasteiger partial charge in [-0.25, -0.2) is 0 Å². The minimum atomic E-state index is 0. The van der Waals surface area contributed by atoms with E-state index in [-0.39, 0.29) is 24.4 Å². The molecule has 3 nitrogen and oxygen atoms in total. The number of carbonyl (C=O) groups excluding carboxylic acids is 1. The van der Waals surface area contributed by atoms with Crippen molar-refractivity contribution in [2.24, 2.45) is 5.92 Å². The Bertz CT molecular complexity index is 636. The van der Waals surface area contributed by atoms with E-state index in [2.05, 4.69) is 50.4 Å². The number of rotatable bonds is 6. The van der Waals surface area contributed by atoms with Gasteiger partial charge in [-0.05, 0) is 41.2 Å². The normalized spacial score (nSPS) is 11.7. The number of halogens is 1. The summed E-state index contributed by atoms with van der Waals surface area (Å²) < 4.78 is 0. The third-order valence-corrected chi connectivity index (χ3v) is 4.07. The molecule has 0 saturated carbocycles. The van der Waals surface area contributed by atoms with Crippen LogP contribution in [0.2, 0.25) is 0 Å². The van der Waals surface area contributed by atoms with E-state index in [9.17, 15) is 4.79 Å². The maximum absolute atomic E-state index is 12.4. The molecule has 0 aromatic heterocycles. The largest absolute Gasteiger partial charge is 0.399 e. The molecule has 0 radical (unpaired) electrons. The second-order valence-electron chi connectivity index (χ2n) is 6.30. The average molecular weight is 347 g/mol. The molecule has 2 rings (SSSR count). The monoisotopic (exact) mass is 346 g/mol. The maximum atomic E-state index is 12.4. The van der Waals surface area contributed by atoms with Gasteiger partial charge in [0.15, 0.2) is 0 Å². The first-order valence-electron chi connectivity index (χ1n) is 8.22. The van der Waals surface area contributed by atoms with Crippen molar-refractivity contribution in [3.8, 4) is 0 Å². The third kappa shape index (κ3) is 5.57. The summed E-state index contributed by atoms with van der Waals surface area (Å²) in [5.41, 5.74) is 9.83. The molecule has 0 aliphatic heterocycles. The average Bonchev–Trinajstić information content (AvgIpc) is 2.55. The molecule has 0 saturated heterocycles. The fourth-order valence-corrected chi connectivity index (χ4v) is 2.64. The molecule has 0 bridgehead atoms. The summed E-state index contributed by atoms with van der Waals surface area (Å²) in [7, 11) is 0. The zero-order valence-electron chi connectivity index (χ0n) is 14.6. The Morgan fingerprint density at radius 1 is 1.00 bits per heavy atom. The van der Waals surface area contributed by atoms with Crippen molar-refractivity contribution >= 4 is 24.0 Å². The van der Waals surface area contributed by atoms with Gasteiger partial charge in [-0.3, -0.25) is 4.79 Å². The lowest BCUT2D eigenvalue weighted by Crippen LogP contribution is -2.32. The van der Waals surface area contributed by atoms with Crippen molar-refractivity contribution in [1.29, 1.82) is 0 Å². The van der Waals surface area contributed by atoms with Crippen LogP contribution in [-0.4, -0.2) is 5.91 Å². The fraction of sp³-hybridized carbons (Fsp3) is 0.350. The Balaban J connectivity index is 0.00000288. The summed E-state index contributed by atoms with van der Waals surface area (Å²) in [5, 5.41) is 3.16. The van der Waals surface area contributed by atoms with E-state index >= 15 is 0 Å². The van der Waals surface area contributed by atoms with Crippen molar-refractivity contribution in [2.45, 2.75) is 39.7 Å². The highest BCUT2D eigenvalue weighted by atomic mass is 35.5. The number of hydrogen-bond acceptors (Lipinski definition) is 2. The van der Waals surface area contributed by atoms with Crippen LogP contribution in [0.1, 0.15) is 43.5 Å². The van der Waals surface area contributed by atoms with Crippen LogP contribution >= 0.6 is 12.4 Å². The van der Waals surface area contributed by atoms with Gasteiger partial charge in [0.05, 0.1) is 12.5 Å². The van der Waals surface area contributed by atoms with Crippen molar-refractivity contribution in [1.82, 2.24) is 5.32 Å². The van der Waals surface area contributed by atoms with E-state index in [0.29, 0.717) is 18.0 Å². The molecule has 2 aromatic rings. The molecule has 0 spiro atoms. The van der Waals surface area contributed by atoms with Gasteiger partial charge in [0.1, 0.15) is 0 Å². The van der Waals surface area contributed by atoms with E-state index in [1.54, 1.807) is 0 Å². The minimum Gasteiger partial charge on any atom is -0.399 e. The van der Waals surface area contributed by atoms with Crippen LogP contribution in [0.3, 0.4) is 0 Å². The number of nitrogens with one attached hydrogen (secondary N) is 1. The zero-order valence-corrected chi connectivity index (χ0v) is 15.4. The van der Waals surface area contributed by atoms with Gasteiger partial charge in [-0.1, -0.05) is 57.2 Å². The molecule has 4 heteroatoms. The first-order valence-corrected chi connectivity index (χ1v) is 8.22. The second-order valence-corrected chi connectivity index (χ2v) is 6.30. The topological polar surface area (TPSA) is 55.1 Å². The predicted octanol–water partition coefficient (Wildman–Crippen LogP) is 4.31. The van der Waals surface area contributed by atoms with Crippen LogP contribution in [0, 0.1) is 5.92 Å². The molecule has 0 aliphatic rings. The lowest BCUT2D eigenvalue weighted by Gasteiger charge is -2.23. The summed E-state index contributed by atoms with van der Waals surface area (Å²) in [6.45, 7) is 6.40. The van der Waals surface area contributed by atoms with Crippen molar-refractivity contribution < 1.29 is 4.79 Å². The summed E-state index contributed by atoms with van der Waals surface area (Å²) in [5.74, 6) is 0.367. The Kier molecular flexibility index (Phi) is 7.80. The summed E-state index contributed by atoms with van der Waals surface area (Å²) in [4.78, 5) is 12.4. The number of nitrogens with two attached hydrogens (primary N) is 1. The van der Waals surface area contributed by atoms with Gasteiger partial charge in [-0.15, -0.1) is 12.4 Å². The fourth-order valence-electron chi connectivity index (χ4n) is 2.64. The van der Waals surface area contributed by atoms with Gasteiger partial charge in [0, 0.05) is 5.69 Å². The maximum Gasteiger partial charge on any atom is 0.224 e. The molecule has 24 heavy (non-hydrogen) atoms. The summed E-state index contributed by atoms with van der Waals surface area (Å²) >= 11 is 0. The lowest BCUT2D eigenvalue weighted by molar-refractivity contribution is -0.121. The van der Waals surface area contributed by atoms with Crippen LogP contribution in [0.5, 0.6) is 0 Å².